The zero-order valence-corrected chi connectivity index (χ0v) is 27.1. The third kappa shape index (κ3) is 4.51. The number of guanidine groups is 2. The number of H-pyrrole nitrogens is 2. The van der Waals surface area contributed by atoms with Crippen LogP contribution in [-0.4, -0.2) is 86.8 Å². The average Bonchev–Trinajstić information content (AvgIpc) is 3.66. The van der Waals surface area contributed by atoms with Crippen LogP contribution in [0.5, 0.6) is 0 Å². The van der Waals surface area contributed by atoms with E-state index >= 15 is 0 Å². The van der Waals surface area contributed by atoms with E-state index in [1.54, 1.807) is 12.1 Å². The van der Waals surface area contributed by atoms with Crippen LogP contribution in [0.1, 0.15) is 21.0 Å². The van der Waals surface area contributed by atoms with E-state index < -0.39 is 59.4 Å². The molecule has 3 aliphatic heterocycles. The van der Waals surface area contributed by atoms with Crippen molar-refractivity contribution >= 4 is 87.5 Å². The summed E-state index contributed by atoms with van der Waals surface area (Å²) in [6.07, 6.45) is -3.45. The number of aliphatic hydroxyl groups excluding tert-OH is 1. The molecule has 12 N–H and O–H groups in total. The molecule has 1 aliphatic carbocycles. The van der Waals surface area contributed by atoms with Crippen LogP contribution >= 0.6 is 63.7 Å². The number of hydrogen-bond donors (Lipinski definition) is 10. The number of fused-ring (bicyclic) bond motifs is 2. The lowest BCUT2D eigenvalue weighted by Crippen LogP contribution is -2.76. The SMILES string of the molecule is NC1=N[C@@H]2OC3N=C(N)N[C@]34[C@H]([C@H](CNC(=O)c3cc(Br)c(Br)[nH]3)[C@@H](CNC(=O)c3cc(Br)c(Br)[nH]3)[C@@H]4O)[C@]2(O)N1. The summed E-state index contributed by atoms with van der Waals surface area (Å²) >= 11 is 13.3. The van der Waals surface area contributed by atoms with Crippen LogP contribution in [0.4, 0.5) is 0 Å². The molecule has 1 unspecified atom stereocenters. The van der Waals surface area contributed by atoms with Crippen LogP contribution in [0.3, 0.4) is 0 Å². The Bertz CT molecular complexity index is 1460. The van der Waals surface area contributed by atoms with Crippen LogP contribution < -0.4 is 32.7 Å². The number of hydrogen-bond acceptors (Lipinski definition) is 11. The number of carbonyl (C=O) groups excluding carboxylic acids is 2. The van der Waals surface area contributed by atoms with E-state index in [1.807, 2.05) is 0 Å². The van der Waals surface area contributed by atoms with E-state index in [9.17, 15) is 19.8 Å². The maximum Gasteiger partial charge on any atom is 0.267 e. The van der Waals surface area contributed by atoms with Gasteiger partial charge in [0.2, 0.25) is 6.23 Å². The lowest BCUT2D eigenvalue weighted by molar-refractivity contribution is -0.243. The van der Waals surface area contributed by atoms with E-state index in [0.29, 0.717) is 18.2 Å². The first kappa shape index (κ1) is 28.9. The molecule has 2 amide bonds. The van der Waals surface area contributed by atoms with Gasteiger partial charge in [0.15, 0.2) is 23.9 Å². The highest BCUT2D eigenvalue weighted by Crippen LogP contribution is 2.57. The fourth-order valence-electron chi connectivity index (χ4n) is 6.42. The molecule has 0 radical (unpaired) electrons. The largest absolute Gasteiger partial charge is 0.390 e. The van der Waals surface area contributed by atoms with Gasteiger partial charge in [0.05, 0.1) is 24.3 Å². The van der Waals surface area contributed by atoms with Crippen LogP contribution in [0.2, 0.25) is 0 Å². The number of halogens is 4. The summed E-state index contributed by atoms with van der Waals surface area (Å²) in [6.45, 7) is -0.0420. The molecule has 6 rings (SSSR count). The van der Waals surface area contributed by atoms with E-state index in [4.69, 9.17) is 16.2 Å². The van der Waals surface area contributed by atoms with E-state index in [0.717, 1.165) is 0 Å². The Balaban J connectivity index is 1.34. The Morgan fingerprint density at radius 1 is 0.902 bits per heavy atom. The number of nitrogens with one attached hydrogen (secondary N) is 6. The van der Waals surface area contributed by atoms with Gasteiger partial charge in [0, 0.05) is 24.9 Å². The Labute approximate surface area is 265 Å². The normalized spacial score (nSPS) is 35.0. The first-order chi connectivity index (χ1) is 19.3. The summed E-state index contributed by atoms with van der Waals surface area (Å²) in [6, 6.07) is 3.23. The minimum Gasteiger partial charge on any atom is -0.390 e. The zero-order valence-electron chi connectivity index (χ0n) is 20.7. The van der Waals surface area contributed by atoms with Crippen LogP contribution in [-0.2, 0) is 4.74 Å². The van der Waals surface area contributed by atoms with Crippen molar-refractivity contribution in [3.8, 4) is 0 Å². The minimum absolute atomic E-state index is 0.00854. The maximum absolute atomic E-state index is 13.1. The first-order valence-corrected chi connectivity index (χ1v) is 15.5. The highest BCUT2D eigenvalue weighted by atomic mass is 79.9. The zero-order chi connectivity index (χ0) is 29.4. The maximum atomic E-state index is 13.1. The molecule has 2 aromatic heterocycles. The molecule has 15 nitrogen and oxygen atoms in total. The molecule has 220 valence electrons. The molecule has 1 spiro atoms. The van der Waals surface area contributed by atoms with Gasteiger partial charge in [-0.2, -0.15) is 0 Å². The molecule has 2 aromatic rings. The Hall–Kier alpha value is -2.16. The van der Waals surface area contributed by atoms with Crippen molar-refractivity contribution < 1.29 is 24.5 Å². The third-order valence-electron chi connectivity index (χ3n) is 8.03. The summed E-state index contributed by atoms with van der Waals surface area (Å²) in [7, 11) is 0. The Morgan fingerprint density at radius 3 is 1.95 bits per heavy atom. The first-order valence-electron chi connectivity index (χ1n) is 12.3. The Morgan fingerprint density at radius 2 is 1.41 bits per heavy atom. The molecule has 41 heavy (non-hydrogen) atoms. The molecule has 4 aliphatic rings. The highest BCUT2D eigenvalue weighted by Gasteiger charge is 2.76. The minimum atomic E-state index is -1.89. The van der Waals surface area contributed by atoms with Gasteiger partial charge in [0.1, 0.15) is 16.9 Å². The molecule has 1 saturated heterocycles. The number of ether oxygens (including phenoxy) is 1. The van der Waals surface area contributed by atoms with E-state index in [1.165, 1.54) is 0 Å². The number of aromatic amines is 2. The Kier molecular flexibility index (Phi) is 7.22. The van der Waals surface area contributed by atoms with Crippen molar-refractivity contribution in [1.82, 2.24) is 31.2 Å². The number of aliphatic imine (C=N–C) groups is 2. The number of nitrogens with two attached hydrogens (primary N) is 2. The summed E-state index contributed by atoms with van der Waals surface area (Å²) in [5, 5.41) is 35.5. The predicted molar refractivity (Wildman–Crippen MR) is 159 cm³/mol. The number of rotatable bonds is 6. The molecule has 8 atom stereocenters. The van der Waals surface area contributed by atoms with Gasteiger partial charge < -0.3 is 57.7 Å². The van der Waals surface area contributed by atoms with Crippen molar-refractivity contribution in [2.24, 2.45) is 39.2 Å². The second-order valence-electron chi connectivity index (χ2n) is 10.2. The van der Waals surface area contributed by atoms with Gasteiger partial charge in [-0.3, -0.25) is 9.59 Å². The lowest BCUT2D eigenvalue weighted by Gasteiger charge is -2.51. The molecule has 1 saturated carbocycles. The smallest absolute Gasteiger partial charge is 0.267 e. The number of carbonyl (C=O) groups is 2. The van der Waals surface area contributed by atoms with Crippen molar-refractivity contribution in [2.45, 2.75) is 29.8 Å². The molecule has 0 bridgehead atoms. The topological polar surface area (TPSA) is 240 Å². The summed E-state index contributed by atoms with van der Waals surface area (Å²) in [4.78, 5) is 40.5. The lowest BCUT2D eigenvalue weighted by atomic mass is 9.71. The number of aromatic nitrogens is 2. The standard InChI is InChI=1S/C22H24Br4N10O5/c23-7-1-9(31-13(7)25)15(38)29-3-5-6(4-30-16(39)10-2-8(24)14(26)32-10)12(37)21-11(5)22(40)18(34-20(28)36-22)41-17(21)33-19(27)35-21/h1-2,5-6,11-12,17-18,31-32,37,40H,3-4H2,(H,29,38)(H,30,39)(H3,27,33,35)(H3,28,34,36)/t5-,6-,11+,12+,17?,18-,21+,22-/m1/s1. The molecular weight excluding hydrogens is 804 g/mol. The second-order valence-corrected chi connectivity index (χ2v) is 13.5. The fourth-order valence-corrected chi connectivity index (χ4v) is 7.73. The predicted octanol–water partition coefficient (Wildman–Crippen LogP) is -0.279. The molecule has 2 fully saturated rings. The quantitative estimate of drug-likeness (QED) is 0.184. The van der Waals surface area contributed by atoms with Gasteiger partial charge in [0.25, 0.3) is 11.8 Å². The highest BCUT2D eigenvalue weighted by molar-refractivity contribution is 9.13. The van der Waals surface area contributed by atoms with Crippen LogP contribution in [0.15, 0.2) is 40.3 Å². The average molecular weight is 828 g/mol. The summed E-state index contributed by atoms with van der Waals surface area (Å²) < 4.78 is 8.51. The number of aliphatic hydroxyl groups is 2. The third-order valence-corrected chi connectivity index (χ3v) is 11.6. The van der Waals surface area contributed by atoms with Crippen LogP contribution in [0, 0.1) is 17.8 Å². The van der Waals surface area contributed by atoms with Gasteiger partial charge in [-0.05, 0) is 81.8 Å². The molecular formula is C22H24Br4N10O5. The number of amides is 2. The van der Waals surface area contributed by atoms with Gasteiger partial charge >= 0.3 is 0 Å². The molecule has 0 aromatic carbocycles. The van der Waals surface area contributed by atoms with Gasteiger partial charge in [-0.15, -0.1) is 0 Å². The molecule has 5 heterocycles. The monoisotopic (exact) mass is 824 g/mol. The van der Waals surface area contributed by atoms with Crippen molar-refractivity contribution in [3.63, 3.8) is 0 Å². The van der Waals surface area contributed by atoms with Gasteiger partial charge in [-0.1, -0.05) is 0 Å². The van der Waals surface area contributed by atoms with E-state index in [-0.39, 0.29) is 36.4 Å². The van der Waals surface area contributed by atoms with Gasteiger partial charge in [-0.25, -0.2) is 9.98 Å². The van der Waals surface area contributed by atoms with Crippen molar-refractivity contribution in [2.75, 3.05) is 13.1 Å². The number of nitrogens with zero attached hydrogens (tertiary/aromatic N) is 2. The van der Waals surface area contributed by atoms with Crippen LogP contribution in [0.25, 0.3) is 0 Å². The summed E-state index contributed by atoms with van der Waals surface area (Å²) in [5.74, 6) is -3.18. The van der Waals surface area contributed by atoms with Crippen molar-refractivity contribution in [1.29, 1.82) is 0 Å². The molecule has 19 heteroatoms. The van der Waals surface area contributed by atoms with E-state index in [2.05, 4.69) is 105 Å². The summed E-state index contributed by atoms with van der Waals surface area (Å²) in [5.41, 5.74) is 9.26. The second kappa shape index (κ2) is 10.2. The fraction of sp³-hybridized carbons (Fsp3) is 0.455. The van der Waals surface area contributed by atoms with Crippen molar-refractivity contribution in [3.05, 3.63) is 41.7 Å².